The minimum Gasteiger partial charge on any atom is -0.397 e. The van der Waals surface area contributed by atoms with Gasteiger partial charge in [0, 0.05) is 16.6 Å². The Hall–Kier alpha value is -1.88. The van der Waals surface area contributed by atoms with Crippen molar-refractivity contribution in [1.29, 1.82) is 0 Å². The van der Waals surface area contributed by atoms with E-state index in [2.05, 4.69) is 20.9 Å². The lowest BCUT2D eigenvalue weighted by atomic mass is 10.1. The molecule has 3 nitrogen and oxygen atoms in total. The van der Waals surface area contributed by atoms with E-state index >= 15 is 0 Å². The van der Waals surface area contributed by atoms with Crippen LogP contribution in [0.25, 0.3) is 22.4 Å². The zero-order valence-corrected chi connectivity index (χ0v) is 12.5. The number of imidazole rings is 1. The molecule has 20 heavy (non-hydrogen) atoms. The van der Waals surface area contributed by atoms with Crippen LogP contribution in [0.4, 0.5) is 10.1 Å². The van der Waals surface area contributed by atoms with Gasteiger partial charge in [-0.15, -0.1) is 0 Å². The van der Waals surface area contributed by atoms with E-state index < -0.39 is 0 Å². The number of halogens is 2. The van der Waals surface area contributed by atoms with Crippen LogP contribution < -0.4 is 5.73 Å². The standard InChI is InChI=1S/C15H13BrFN3/c1-2-20-12-8-4-7-11(17)14(12)19-15(20)9-5-3-6-10(16)13(9)18/h3-8H,2,18H2,1H3. The van der Waals surface area contributed by atoms with Crippen LogP contribution in [0.5, 0.6) is 0 Å². The van der Waals surface area contributed by atoms with Gasteiger partial charge in [0.2, 0.25) is 0 Å². The van der Waals surface area contributed by atoms with E-state index in [0.29, 0.717) is 23.6 Å². The molecule has 0 spiro atoms. The highest BCUT2D eigenvalue weighted by Gasteiger charge is 2.16. The molecule has 0 atom stereocenters. The fraction of sp³-hybridized carbons (Fsp3) is 0.133. The summed E-state index contributed by atoms with van der Waals surface area (Å²) >= 11 is 3.41. The number of para-hydroxylation sites is 2. The predicted molar refractivity (Wildman–Crippen MR) is 82.9 cm³/mol. The van der Waals surface area contributed by atoms with E-state index in [0.717, 1.165) is 15.6 Å². The molecule has 1 aromatic heterocycles. The van der Waals surface area contributed by atoms with Gasteiger partial charge in [-0.25, -0.2) is 9.37 Å². The number of fused-ring (bicyclic) bond motifs is 1. The molecular formula is C15H13BrFN3. The van der Waals surface area contributed by atoms with Crippen LogP contribution in [0, 0.1) is 5.82 Å². The summed E-state index contributed by atoms with van der Waals surface area (Å²) in [6.07, 6.45) is 0. The third-order valence-electron chi connectivity index (χ3n) is 3.34. The number of rotatable bonds is 2. The van der Waals surface area contributed by atoms with E-state index in [9.17, 15) is 4.39 Å². The minimum atomic E-state index is -0.315. The number of anilines is 1. The highest BCUT2D eigenvalue weighted by molar-refractivity contribution is 9.10. The Bertz CT molecular complexity index is 795. The molecule has 0 aliphatic heterocycles. The number of aromatic nitrogens is 2. The summed E-state index contributed by atoms with van der Waals surface area (Å²) in [7, 11) is 0. The van der Waals surface area contributed by atoms with Crippen molar-refractivity contribution in [2.45, 2.75) is 13.5 Å². The average molecular weight is 334 g/mol. The van der Waals surface area contributed by atoms with E-state index in [1.165, 1.54) is 6.07 Å². The topological polar surface area (TPSA) is 43.8 Å². The summed E-state index contributed by atoms with van der Waals surface area (Å²) < 4.78 is 16.7. The highest BCUT2D eigenvalue weighted by atomic mass is 79.9. The molecule has 3 rings (SSSR count). The van der Waals surface area contributed by atoms with Gasteiger partial charge >= 0.3 is 0 Å². The summed E-state index contributed by atoms with van der Waals surface area (Å²) in [4.78, 5) is 4.44. The number of nitrogen functional groups attached to an aromatic ring is 1. The minimum absolute atomic E-state index is 0.315. The molecule has 0 fully saturated rings. The normalized spacial score (nSPS) is 11.2. The maximum absolute atomic E-state index is 13.9. The summed E-state index contributed by atoms with van der Waals surface area (Å²) in [5.74, 6) is 0.371. The Morgan fingerprint density at radius 2 is 2.00 bits per heavy atom. The maximum atomic E-state index is 13.9. The molecule has 3 aromatic rings. The molecular weight excluding hydrogens is 321 g/mol. The van der Waals surface area contributed by atoms with Crippen LogP contribution >= 0.6 is 15.9 Å². The number of nitrogens with zero attached hydrogens (tertiary/aromatic N) is 2. The Morgan fingerprint density at radius 3 is 2.75 bits per heavy atom. The van der Waals surface area contributed by atoms with Crippen molar-refractivity contribution < 1.29 is 4.39 Å². The summed E-state index contributed by atoms with van der Waals surface area (Å²) in [5.41, 5.74) is 8.67. The predicted octanol–water partition coefficient (Wildman–Crippen LogP) is 4.21. The van der Waals surface area contributed by atoms with Crippen molar-refractivity contribution in [3.63, 3.8) is 0 Å². The lowest BCUT2D eigenvalue weighted by Gasteiger charge is -2.09. The first-order valence-corrected chi connectivity index (χ1v) is 7.12. The van der Waals surface area contributed by atoms with Crippen molar-refractivity contribution in [1.82, 2.24) is 9.55 Å². The quantitative estimate of drug-likeness (QED) is 0.714. The van der Waals surface area contributed by atoms with Crippen LogP contribution in [0.1, 0.15) is 6.92 Å². The molecule has 0 saturated heterocycles. The summed E-state index contributed by atoms with van der Waals surface area (Å²) in [6, 6.07) is 10.6. The molecule has 1 heterocycles. The Morgan fingerprint density at radius 1 is 1.25 bits per heavy atom. The van der Waals surface area contributed by atoms with Crippen molar-refractivity contribution in [3.05, 3.63) is 46.7 Å². The average Bonchev–Trinajstić information content (AvgIpc) is 2.81. The molecule has 2 aromatic carbocycles. The first kappa shape index (κ1) is 13.1. The van der Waals surface area contributed by atoms with Crippen molar-refractivity contribution in [3.8, 4) is 11.4 Å². The fourth-order valence-corrected chi connectivity index (χ4v) is 2.74. The Kier molecular flexibility index (Phi) is 3.22. The summed E-state index contributed by atoms with van der Waals surface area (Å²) in [5, 5.41) is 0. The van der Waals surface area contributed by atoms with Gasteiger partial charge in [-0.3, -0.25) is 0 Å². The van der Waals surface area contributed by atoms with Gasteiger partial charge in [-0.1, -0.05) is 12.1 Å². The van der Waals surface area contributed by atoms with E-state index in [1.54, 1.807) is 6.07 Å². The second kappa shape index (κ2) is 4.90. The van der Waals surface area contributed by atoms with Crippen LogP contribution in [0.2, 0.25) is 0 Å². The van der Waals surface area contributed by atoms with Gasteiger partial charge in [0.05, 0.1) is 11.2 Å². The molecule has 0 amide bonds. The first-order valence-electron chi connectivity index (χ1n) is 6.32. The SMILES string of the molecule is CCn1c(-c2cccc(Br)c2N)nc2c(F)cccc21. The second-order valence-corrected chi connectivity index (χ2v) is 5.34. The van der Waals surface area contributed by atoms with Gasteiger partial charge in [-0.2, -0.15) is 0 Å². The maximum Gasteiger partial charge on any atom is 0.151 e. The number of hydrogen-bond acceptors (Lipinski definition) is 2. The molecule has 0 radical (unpaired) electrons. The lowest BCUT2D eigenvalue weighted by molar-refractivity contribution is 0.637. The van der Waals surface area contributed by atoms with E-state index in [-0.39, 0.29) is 5.82 Å². The molecule has 5 heteroatoms. The molecule has 0 unspecified atom stereocenters. The van der Waals surface area contributed by atoms with E-state index in [1.807, 2.05) is 35.8 Å². The number of hydrogen-bond donors (Lipinski definition) is 1. The molecule has 0 aliphatic carbocycles. The number of aryl methyl sites for hydroxylation is 1. The lowest BCUT2D eigenvalue weighted by Crippen LogP contribution is -2.00. The van der Waals surface area contributed by atoms with Crippen molar-refractivity contribution >= 4 is 32.7 Å². The highest BCUT2D eigenvalue weighted by Crippen LogP contribution is 2.33. The fourth-order valence-electron chi connectivity index (χ4n) is 2.37. The molecule has 0 bridgehead atoms. The molecule has 102 valence electrons. The third-order valence-corrected chi connectivity index (χ3v) is 4.03. The second-order valence-electron chi connectivity index (χ2n) is 4.49. The summed E-state index contributed by atoms with van der Waals surface area (Å²) in [6.45, 7) is 2.70. The molecule has 0 aliphatic rings. The van der Waals surface area contributed by atoms with Gasteiger partial charge in [0.15, 0.2) is 5.82 Å². The van der Waals surface area contributed by atoms with Gasteiger partial charge in [0.25, 0.3) is 0 Å². The van der Waals surface area contributed by atoms with Gasteiger partial charge < -0.3 is 10.3 Å². The van der Waals surface area contributed by atoms with Crippen LogP contribution in [0.15, 0.2) is 40.9 Å². The first-order chi connectivity index (χ1) is 9.63. The van der Waals surface area contributed by atoms with Crippen LogP contribution in [-0.4, -0.2) is 9.55 Å². The third kappa shape index (κ3) is 1.89. The molecule has 0 saturated carbocycles. The Balaban J connectivity index is 2.36. The van der Waals surface area contributed by atoms with Gasteiger partial charge in [-0.05, 0) is 47.1 Å². The van der Waals surface area contributed by atoms with Crippen molar-refractivity contribution in [2.24, 2.45) is 0 Å². The number of benzene rings is 2. The largest absolute Gasteiger partial charge is 0.397 e. The van der Waals surface area contributed by atoms with Crippen LogP contribution in [-0.2, 0) is 6.54 Å². The van der Waals surface area contributed by atoms with Crippen molar-refractivity contribution in [2.75, 3.05) is 5.73 Å². The van der Waals surface area contributed by atoms with Crippen LogP contribution in [0.3, 0.4) is 0 Å². The number of nitrogens with two attached hydrogens (primary N) is 1. The zero-order valence-electron chi connectivity index (χ0n) is 10.9. The Labute approximate surface area is 124 Å². The zero-order chi connectivity index (χ0) is 14.3. The monoisotopic (exact) mass is 333 g/mol. The van der Waals surface area contributed by atoms with Gasteiger partial charge in [0.1, 0.15) is 11.3 Å². The van der Waals surface area contributed by atoms with E-state index in [4.69, 9.17) is 5.73 Å². The molecule has 2 N–H and O–H groups in total. The smallest absolute Gasteiger partial charge is 0.151 e.